The Labute approximate surface area is 139 Å². The van der Waals surface area contributed by atoms with Gasteiger partial charge in [0.05, 0.1) is 16.3 Å². The van der Waals surface area contributed by atoms with Gasteiger partial charge >= 0.3 is 0 Å². The number of nitrogens with zero attached hydrogens (tertiary/aromatic N) is 3. The molecule has 0 saturated carbocycles. The molecule has 1 aliphatic rings. The molecule has 0 radical (unpaired) electrons. The van der Waals surface area contributed by atoms with Crippen molar-refractivity contribution in [3.63, 3.8) is 0 Å². The van der Waals surface area contributed by atoms with E-state index in [1.807, 2.05) is 19.1 Å². The van der Waals surface area contributed by atoms with E-state index < -0.39 is 0 Å². The average Bonchev–Trinajstić information content (AvgIpc) is 3.02. The molecule has 3 rings (SSSR count). The first-order chi connectivity index (χ1) is 11.1. The first-order valence-corrected chi connectivity index (χ1v) is 7.81. The van der Waals surface area contributed by atoms with Gasteiger partial charge in [-0.25, -0.2) is 4.68 Å². The molecule has 7 heteroatoms. The number of rotatable bonds is 2. The van der Waals surface area contributed by atoms with Crippen LogP contribution >= 0.6 is 11.6 Å². The maximum absolute atomic E-state index is 12.9. The van der Waals surface area contributed by atoms with Crippen LogP contribution in [0.1, 0.15) is 23.7 Å². The molecule has 1 aromatic carbocycles. The zero-order chi connectivity index (χ0) is 16.4. The van der Waals surface area contributed by atoms with Crippen molar-refractivity contribution in [1.82, 2.24) is 20.0 Å². The molecule has 2 heterocycles. The van der Waals surface area contributed by atoms with Gasteiger partial charge in [0, 0.05) is 37.9 Å². The van der Waals surface area contributed by atoms with E-state index >= 15 is 0 Å². The minimum Gasteiger partial charge on any atom is -0.354 e. The summed E-state index contributed by atoms with van der Waals surface area (Å²) in [5.74, 6) is -0.212. The van der Waals surface area contributed by atoms with Crippen molar-refractivity contribution in [1.29, 1.82) is 0 Å². The van der Waals surface area contributed by atoms with Crippen LogP contribution in [0.25, 0.3) is 5.69 Å². The number of aromatic nitrogens is 2. The minimum absolute atomic E-state index is 0.0384. The normalized spacial score (nSPS) is 18.4. The third-order valence-corrected chi connectivity index (χ3v) is 4.25. The van der Waals surface area contributed by atoms with Gasteiger partial charge in [0.15, 0.2) is 0 Å². The molecule has 23 heavy (non-hydrogen) atoms. The van der Waals surface area contributed by atoms with Gasteiger partial charge in [-0.1, -0.05) is 11.6 Å². The summed E-state index contributed by atoms with van der Waals surface area (Å²) in [6, 6.07) is 6.95. The first-order valence-electron chi connectivity index (χ1n) is 7.43. The lowest BCUT2D eigenvalue weighted by Crippen LogP contribution is -2.41. The Hall–Kier alpha value is -2.34. The van der Waals surface area contributed by atoms with E-state index in [0.29, 0.717) is 30.1 Å². The summed E-state index contributed by atoms with van der Waals surface area (Å²) in [6.45, 7) is 2.74. The lowest BCUT2D eigenvalue weighted by atomic mass is 10.1. The van der Waals surface area contributed by atoms with E-state index in [9.17, 15) is 9.59 Å². The molecule has 120 valence electrons. The van der Waals surface area contributed by atoms with E-state index in [1.54, 1.807) is 34.1 Å². The molecule has 2 amide bonds. The van der Waals surface area contributed by atoms with Gasteiger partial charge in [-0.05, 0) is 31.2 Å². The maximum Gasteiger partial charge on any atom is 0.255 e. The third-order valence-electron chi connectivity index (χ3n) is 3.92. The van der Waals surface area contributed by atoms with Gasteiger partial charge in [0.1, 0.15) is 0 Å². The molecule has 2 aromatic rings. The predicted molar refractivity (Wildman–Crippen MR) is 86.7 cm³/mol. The lowest BCUT2D eigenvalue weighted by Gasteiger charge is -2.27. The SMILES string of the molecule is C[C@@H]1CNC(=O)CCN1C(=O)c1cc(-n2cccn2)ccc1Cl. The van der Waals surface area contributed by atoms with Crippen molar-refractivity contribution in [2.45, 2.75) is 19.4 Å². The first kappa shape index (κ1) is 15.6. The van der Waals surface area contributed by atoms with Gasteiger partial charge in [-0.2, -0.15) is 5.10 Å². The Bertz CT molecular complexity index is 730. The molecule has 0 aliphatic carbocycles. The van der Waals surface area contributed by atoms with Gasteiger partial charge in [0.25, 0.3) is 5.91 Å². The standard InChI is InChI=1S/C16H17ClN4O2/c1-11-10-18-15(22)5-8-20(11)16(23)13-9-12(3-4-14(13)17)21-7-2-6-19-21/h2-4,6-7,9,11H,5,8,10H2,1H3,(H,18,22)/t11-/m1/s1. The Kier molecular flexibility index (Phi) is 4.34. The van der Waals surface area contributed by atoms with Crippen LogP contribution in [0.15, 0.2) is 36.7 Å². The molecule has 0 spiro atoms. The van der Waals surface area contributed by atoms with Gasteiger partial charge in [0.2, 0.25) is 5.91 Å². The van der Waals surface area contributed by atoms with Gasteiger partial charge in [-0.3, -0.25) is 9.59 Å². The van der Waals surface area contributed by atoms with E-state index in [4.69, 9.17) is 11.6 Å². The molecule has 1 fully saturated rings. The molecule has 1 atom stereocenters. The van der Waals surface area contributed by atoms with Crippen molar-refractivity contribution < 1.29 is 9.59 Å². The lowest BCUT2D eigenvalue weighted by molar-refractivity contribution is -0.120. The van der Waals surface area contributed by atoms with E-state index in [1.165, 1.54) is 0 Å². The summed E-state index contributed by atoms with van der Waals surface area (Å²) in [6.07, 6.45) is 3.77. The van der Waals surface area contributed by atoms with Crippen molar-refractivity contribution in [2.24, 2.45) is 0 Å². The zero-order valence-corrected chi connectivity index (χ0v) is 13.5. The predicted octanol–water partition coefficient (Wildman–Crippen LogP) is 1.88. The average molecular weight is 333 g/mol. The van der Waals surface area contributed by atoms with Crippen LogP contribution in [0.5, 0.6) is 0 Å². The highest BCUT2D eigenvalue weighted by molar-refractivity contribution is 6.33. The van der Waals surface area contributed by atoms with Crippen LogP contribution in [0, 0.1) is 0 Å². The second-order valence-electron chi connectivity index (χ2n) is 5.52. The smallest absolute Gasteiger partial charge is 0.255 e. The van der Waals surface area contributed by atoms with Crippen molar-refractivity contribution in [2.75, 3.05) is 13.1 Å². The summed E-state index contributed by atoms with van der Waals surface area (Å²) in [7, 11) is 0. The molecule has 6 nitrogen and oxygen atoms in total. The van der Waals surface area contributed by atoms with Crippen LogP contribution in [0.4, 0.5) is 0 Å². The second kappa shape index (κ2) is 6.42. The number of halogens is 1. The number of hydrogen-bond acceptors (Lipinski definition) is 3. The largest absolute Gasteiger partial charge is 0.354 e. The molecule has 0 bridgehead atoms. The van der Waals surface area contributed by atoms with Crippen molar-refractivity contribution >= 4 is 23.4 Å². The molecule has 1 N–H and O–H groups in total. The fourth-order valence-electron chi connectivity index (χ4n) is 2.60. The number of carbonyl (C=O) groups is 2. The molecule has 1 aromatic heterocycles. The van der Waals surface area contributed by atoms with Crippen LogP contribution in [-0.2, 0) is 4.79 Å². The molecular formula is C16H17ClN4O2. The Morgan fingerprint density at radius 1 is 1.43 bits per heavy atom. The summed E-state index contributed by atoms with van der Waals surface area (Å²) in [5, 5.41) is 7.35. The molecule has 0 unspecified atom stereocenters. The molecular weight excluding hydrogens is 316 g/mol. The highest BCUT2D eigenvalue weighted by Crippen LogP contribution is 2.22. The summed E-state index contributed by atoms with van der Waals surface area (Å²) >= 11 is 6.23. The summed E-state index contributed by atoms with van der Waals surface area (Å²) in [4.78, 5) is 26.1. The zero-order valence-electron chi connectivity index (χ0n) is 12.7. The van der Waals surface area contributed by atoms with Crippen LogP contribution < -0.4 is 5.32 Å². The van der Waals surface area contributed by atoms with Gasteiger partial charge < -0.3 is 10.2 Å². The van der Waals surface area contributed by atoms with E-state index in [2.05, 4.69) is 10.4 Å². The molecule has 1 saturated heterocycles. The number of carbonyl (C=O) groups excluding carboxylic acids is 2. The summed E-state index contributed by atoms with van der Waals surface area (Å²) in [5.41, 5.74) is 1.18. The Balaban J connectivity index is 1.92. The number of benzene rings is 1. The monoisotopic (exact) mass is 332 g/mol. The second-order valence-corrected chi connectivity index (χ2v) is 5.92. The molecule has 1 aliphatic heterocycles. The quantitative estimate of drug-likeness (QED) is 0.913. The fraction of sp³-hybridized carbons (Fsp3) is 0.312. The van der Waals surface area contributed by atoms with Gasteiger partial charge in [-0.15, -0.1) is 0 Å². The number of hydrogen-bond donors (Lipinski definition) is 1. The van der Waals surface area contributed by atoms with Crippen LogP contribution in [-0.4, -0.2) is 45.6 Å². The highest BCUT2D eigenvalue weighted by Gasteiger charge is 2.26. The fourth-order valence-corrected chi connectivity index (χ4v) is 2.80. The van der Waals surface area contributed by atoms with Crippen molar-refractivity contribution in [3.8, 4) is 5.69 Å². The number of amides is 2. The highest BCUT2D eigenvalue weighted by atomic mass is 35.5. The van der Waals surface area contributed by atoms with Crippen LogP contribution in [0.3, 0.4) is 0 Å². The topological polar surface area (TPSA) is 67.2 Å². The third kappa shape index (κ3) is 3.22. The maximum atomic E-state index is 12.9. The minimum atomic E-state index is -0.173. The van der Waals surface area contributed by atoms with Crippen LogP contribution in [0.2, 0.25) is 5.02 Å². The number of nitrogens with one attached hydrogen (secondary N) is 1. The van der Waals surface area contributed by atoms with E-state index in [0.717, 1.165) is 5.69 Å². The summed E-state index contributed by atoms with van der Waals surface area (Å²) < 4.78 is 1.67. The Morgan fingerprint density at radius 2 is 2.26 bits per heavy atom. The Morgan fingerprint density at radius 3 is 3.00 bits per heavy atom. The van der Waals surface area contributed by atoms with Crippen molar-refractivity contribution in [3.05, 3.63) is 47.2 Å². The van der Waals surface area contributed by atoms with E-state index in [-0.39, 0.29) is 17.9 Å².